The van der Waals surface area contributed by atoms with Crippen LogP contribution in [-0.2, 0) is 10.0 Å². The fraction of sp³-hybridized carbons (Fsp3) is 0.111. The van der Waals surface area contributed by atoms with E-state index in [0.717, 1.165) is 12.1 Å². The average Bonchev–Trinajstić information content (AvgIpc) is 2.23. The standard InChI is InChI=1S/C9H6Cl2FNO2S/c1-2-5-13-16(14,15)7-4-3-6(10)9(12)8(7)11/h1,3-4,13H,5H2. The Morgan fingerprint density at radius 3 is 2.62 bits per heavy atom. The highest BCUT2D eigenvalue weighted by molar-refractivity contribution is 7.89. The molecule has 0 aliphatic rings. The SMILES string of the molecule is C#CCNS(=O)(=O)c1ccc(Cl)c(F)c1Cl. The Balaban J connectivity index is 3.26. The molecular weight excluding hydrogens is 276 g/mol. The molecule has 16 heavy (non-hydrogen) atoms. The highest BCUT2D eigenvalue weighted by atomic mass is 35.5. The predicted molar refractivity (Wildman–Crippen MR) is 60.4 cm³/mol. The number of halogens is 3. The lowest BCUT2D eigenvalue weighted by molar-refractivity contribution is 0.582. The smallest absolute Gasteiger partial charge is 0.207 e. The summed E-state index contributed by atoms with van der Waals surface area (Å²) in [5, 5.41) is -0.807. The van der Waals surface area contributed by atoms with E-state index in [2.05, 4.69) is 10.6 Å². The van der Waals surface area contributed by atoms with Crippen LogP contribution in [0.2, 0.25) is 10.0 Å². The van der Waals surface area contributed by atoms with Gasteiger partial charge in [0.05, 0.1) is 16.6 Å². The molecule has 0 heterocycles. The Kier molecular flexibility index (Phi) is 4.16. The maximum Gasteiger partial charge on any atom is 0.243 e. The minimum absolute atomic E-state index is 0.205. The molecule has 3 nitrogen and oxygen atoms in total. The first-order chi connectivity index (χ1) is 7.40. The van der Waals surface area contributed by atoms with Crippen LogP contribution in [0.4, 0.5) is 4.39 Å². The summed E-state index contributed by atoms with van der Waals surface area (Å²) in [5.41, 5.74) is 0. The van der Waals surface area contributed by atoms with Gasteiger partial charge in [-0.1, -0.05) is 29.1 Å². The van der Waals surface area contributed by atoms with E-state index >= 15 is 0 Å². The summed E-state index contributed by atoms with van der Waals surface area (Å²) >= 11 is 11.0. The zero-order chi connectivity index (χ0) is 12.3. The molecule has 1 N–H and O–H groups in total. The molecule has 0 saturated carbocycles. The molecular formula is C9H6Cl2FNO2S. The third-order valence-corrected chi connectivity index (χ3v) is 3.87. The van der Waals surface area contributed by atoms with Crippen LogP contribution in [0.3, 0.4) is 0 Å². The largest absolute Gasteiger partial charge is 0.243 e. The van der Waals surface area contributed by atoms with Crippen LogP contribution in [0.25, 0.3) is 0 Å². The van der Waals surface area contributed by atoms with Gasteiger partial charge in [0.15, 0.2) is 5.82 Å². The monoisotopic (exact) mass is 281 g/mol. The summed E-state index contributed by atoms with van der Waals surface area (Å²) in [6.07, 6.45) is 4.90. The number of hydrogen-bond acceptors (Lipinski definition) is 2. The second-order valence-electron chi connectivity index (χ2n) is 2.70. The summed E-state index contributed by atoms with van der Waals surface area (Å²) in [4.78, 5) is -0.397. The van der Waals surface area contributed by atoms with E-state index < -0.39 is 25.8 Å². The number of terminal acetylenes is 1. The van der Waals surface area contributed by atoms with E-state index in [0.29, 0.717) is 0 Å². The van der Waals surface area contributed by atoms with Crippen molar-refractivity contribution in [1.82, 2.24) is 4.72 Å². The molecule has 1 rings (SSSR count). The fourth-order valence-corrected chi connectivity index (χ4v) is 2.61. The number of nitrogens with one attached hydrogen (secondary N) is 1. The third-order valence-electron chi connectivity index (χ3n) is 1.65. The number of hydrogen-bond donors (Lipinski definition) is 1. The normalized spacial score (nSPS) is 11.1. The van der Waals surface area contributed by atoms with Crippen molar-refractivity contribution in [1.29, 1.82) is 0 Å². The van der Waals surface area contributed by atoms with E-state index in [-0.39, 0.29) is 11.6 Å². The van der Waals surface area contributed by atoms with E-state index in [1.54, 1.807) is 0 Å². The molecule has 1 aromatic rings. The molecule has 0 atom stereocenters. The zero-order valence-corrected chi connectivity index (χ0v) is 10.1. The third kappa shape index (κ3) is 2.66. The van der Waals surface area contributed by atoms with Gasteiger partial charge < -0.3 is 0 Å². The summed E-state index contributed by atoms with van der Waals surface area (Å²) in [7, 11) is -3.92. The van der Waals surface area contributed by atoms with Crippen LogP contribution in [0, 0.1) is 18.2 Å². The van der Waals surface area contributed by atoms with Gasteiger partial charge in [-0.25, -0.2) is 12.8 Å². The van der Waals surface area contributed by atoms with Gasteiger partial charge in [-0.3, -0.25) is 0 Å². The molecule has 0 amide bonds. The van der Waals surface area contributed by atoms with Crippen molar-refractivity contribution >= 4 is 33.2 Å². The number of benzene rings is 1. The number of rotatable bonds is 3. The van der Waals surface area contributed by atoms with Crippen LogP contribution in [0.15, 0.2) is 17.0 Å². The predicted octanol–water partition coefficient (Wildman–Crippen LogP) is 2.04. The van der Waals surface area contributed by atoms with Crippen LogP contribution in [-0.4, -0.2) is 15.0 Å². The first-order valence-corrected chi connectivity index (χ1v) is 6.20. The molecule has 1 aromatic carbocycles. The van der Waals surface area contributed by atoms with Crippen molar-refractivity contribution in [3.05, 3.63) is 28.0 Å². The maximum atomic E-state index is 13.2. The summed E-state index contributed by atoms with van der Waals surface area (Å²) in [6.45, 7) is -0.205. The average molecular weight is 282 g/mol. The Morgan fingerprint density at radius 2 is 2.06 bits per heavy atom. The van der Waals surface area contributed by atoms with Gasteiger partial charge in [-0.05, 0) is 12.1 Å². The highest BCUT2D eigenvalue weighted by Crippen LogP contribution is 2.29. The van der Waals surface area contributed by atoms with Gasteiger partial charge in [0, 0.05) is 0 Å². The van der Waals surface area contributed by atoms with Crippen molar-refractivity contribution in [3.8, 4) is 12.3 Å². The zero-order valence-electron chi connectivity index (χ0n) is 7.80. The lowest BCUT2D eigenvalue weighted by Gasteiger charge is -2.07. The van der Waals surface area contributed by atoms with Crippen molar-refractivity contribution in [3.63, 3.8) is 0 Å². The molecule has 7 heteroatoms. The molecule has 0 saturated heterocycles. The van der Waals surface area contributed by atoms with Gasteiger partial charge in [0.25, 0.3) is 0 Å². The molecule has 0 aliphatic heterocycles. The van der Waals surface area contributed by atoms with Gasteiger partial charge in [0.2, 0.25) is 10.0 Å². The lowest BCUT2D eigenvalue weighted by Crippen LogP contribution is -2.24. The Bertz CT molecular complexity index is 551. The molecule has 0 spiro atoms. The number of sulfonamides is 1. The Hall–Kier alpha value is -0.800. The van der Waals surface area contributed by atoms with E-state index in [9.17, 15) is 12.8 Å². The minimum Gasteiger partial charge on any atom is -0.207 e. The van der Waals surface area contributed by atoms with Crippen LogP contribution >= 0.6 is 23.2 Å². The van der Waals surface area contributed by atoms with E-state index in [4.69, 9.17) is 29.6 Å². The first kappa shape index (κ1) is 13.3. The minimum atomic E-state index is -3.92. The fourth-order valence-electron chi connectivity index (χ4n) is 0.930. The second kappa shape index (κ2) is 5.02. The highest BCUT2D eigenvalue weighted by Gasteiger charge is 2.21. The summed E-state index contributed by atoms with van der Waals surface area (Å²) in [6, 6.07) is 2.21. The second-order valence-corrected chi connectivity index (χ2v) is 5.22. The quantitative estimate of drug-likeness (QED) is 0.681. The molecule has 0 fully saturated rings. The van der Waals surface area contributed by atoms with Crippen molar-refractivity contribution in [2.75, 3.05) is 6.54 Å². The van der Waals surface area contributed by atoms with Gasteiger partial charge >= 0.3 is 0 Å². The van der Waals surface area contributed by atoms with E-state index in [1.807, 2.05) is 0 Å². The van der Waals surface area contributed by atoms with Crippen LogP contribution < -0.4 is 4.72 Å². The van der Waals surface area contributed by atoms with Gasteiger partial charge in [-0.15, -0.1) is 6.42 Å². The first-order valence-electron chi connectivity index (χ1n) is 3.96. The van der Waals surface area contributed by atoms with Crippen molar-refractivity contribution in [2.24, 2.45) is 0 Å². The lowest BCUT2D eigenvalue weighted by atomic mass is 10.3. The molecule has 0 aromatic heterocycles. The Morgan fingerprint density at radius 1 is 1.44 bits per heavy atom. The molecule has 0 unspecified atom stereocenters. The molecule has 0 aliphatic carbocycles. The van der Waals surface area contributed by atoms with Crippen molar-refractivity contribution < 1.29 is 12.8 Å². The van der Waals surface area contributed by atoms with Crippen molar-refractivity contribution in [2.45, 2.75) is 4.90 Å². The van der Waals surface area contributed by atoms with Crippen LogP contribution in [0.1, 0.15) is 0 Å². The van der Waals surface area contributed by atoms with Crippen LogP contribution in [0.5, 0.6) is 0 Å². The summed E-state index contributed by atoms with van der Waals surface area (Å²) in [5.74, 6) is 1.11. The summed E-state index contributed by atoms with van der Waals surface area (Å²) < 4.78 is 38.5. The topological polar surface area (TPSA) is 46.2 Å². The molecule has 0 bridgehead atoms. The Labute approximate surface area is 103 Å². The van der Waals surface area contributed by atoms with E-state index in [1.165, 1.54) is 0 Å². The molecule has 86 valence electrons. The molecule has 0 radical (unpaired) electrons. The maximum absolute atomic E-state index is 13.2. The van der Waals surface area contributed by atoms with Gasteiger partial charge in [-0.2, -0.15) is 4.72 Å². The van der Waals surface area contributed by atoms with Gasteiger partial charge in [0.1, 0.15) is 4.90 Å².